The maximum Gasteiger partial charge on any atom is 0.289 e. The summed E-state index contributed by atoms with van der Waals surface area (Å²) in [7, 11) is 0. The lowest BCUT2D eigenvalue weighted by molar-refractivity contribution is 0.0599. The first-order valence-electron chi connectivity index (χ1n) is 7.92. The molecule has 0 saturated carbocycles. The average molecular weight is 378 g/mol. The molecule has 2 aromatic rings. The number of rotatable bonds is 4. The van der Waals surface area contributed by atoms with Crippen molar-refractivity contribution in [2.24, 2.45) is 0 Å². The number of para-hydroxylation sites is 1. The standard InChI is InChI=1S/C18H20BrNO3/c1-13-6-4-5-11-20(13)18(21)17-10-9-14(23-17)12-22-16-8-3-2-7-15(16)19/h2-3,7-10,13H,4-6,11-12H2,1H3/t13-/m0/s1. The molecule has 1 aliphatic rings. The molecule has 0 bridgehead atoms. The van der Waals surface area contributed by atoms with Crippen molar-refractivity contribution < 1.29 is 13.9 Å². The van der Waals surface area contributed by atoms with Crippen molar-refractivity contribution in [1.29, 1.82) is 0 Å². The number of amides is 1. The minimum absolute atomic E-state index is 0.0238. The number of nitrogens with zero attached hydrogens (tertiary/aromatic N) is 1. The molecule has 1 amide bonds. The molecule has 1 saturated heterocycles. The number of piperidine rings is 1. The molecular formula is C18H20BrNO3. The lowest BCUT2D eigenvalue weighted by atomic mass is 10.0. The van der Waals surface area contributed by atoms with Gasteiger partial charge in [-0.25, -0.2) is 0 Å². The Morgan fingerprint density at radius 2 is 2.13 bits per heavy atom. The van der Waals surface area contributed by atoms with E-state index in [0.717, 1.165) is 29.6 Å². The van der Waals surface area contributed by atoms with Crippen LogP contribution in [-0.4, -0.2) is 23.4 Å². The maximum atomic E-state index is 12.5. The van der Waals surface area contributed by atoms with Gasteiger partial charge in [-0.3, -0.25) is 4.79 Å². The molecule has 2 heterocycles. The van der Waals surface area contributed by atoms with Gasteiger partial charge in [-0.15, -0.1) is 0 Å². The van der Waals surface area contributed by atoms with Crippen LogP contribution in [0.5, 0.6) is 5.75 Å². The summed E-state index contributed by atoms with van der Waals surface area (Å²) in [6.07, 6.45) is 3.31. The van der Waals surface area contributed by atoms with Crippen molar-refractivity contribution in [3.63, 3.8) is 0 Å². The number of likely N-dealkylation sites (tertiary alicyclic amines) is 1. The van der Waals surface area contributed by atoms with E-state index < -0.39 is 0 Å². The highest BCUT2D eigenvalue weighted by atomic mass is 79.9. The predicted octanol–water partition coefficient (Wildman–Crippen LogP) is 4.64. The minimum Gasteiger partial charge on any atom is -0.484 e. The first-order valence-corrected chi connectivity index (χ1v) is 8.71. The van der Waals surface area contributed by atoms with Crippen LogP contribution in [0.2, 0.25) is 0 Å². The van der Waals surface area contributed by atoms with Crippen molar-refractivity contribution in [3.05, 3.63) is 52.4 Å². The molecule has 0 spiro atoms. The minimum atomic E-state index is -0.0238. The molecule has 1 atom stereocenters. The van der Waals surface area contributed by atoms with Crippen molar-refractivity contribution in [2.75, 3.05) is 6.54 Å². The highest BCUT2D eigenvalue weighted by Gasteiger charge is 2.26. The van der Waals surface area contributed by atoms with Gasteiger partial charge in [-0.2, -0.15) is 0 Å². The zero-order valence-corrected chi connectivity index (χ0v) is 14.7. The van der Waals surface area contributed by atoms with E-state index in [9.17, 15) is 4.79 Å². The van der Waals surface area contributed by atoms with E-state index in [1.54, 1.807) is 12.1 Å². The fourth-order valence-electron chi connectivity index (χ4n) is 2.82. The number of hydrogen-bond donors (Lipinski definition) is 0. The fourth-order valence-corrected chi connectivity index (χ4v) is 3.22. The van der Waals surface area contributed by atoms with Crippen LogP contribution < -0.4 is 4.74 Å². The molecule has 0 unspecified atom stereocenters. The van der Waals surface area contributed by atoms with Crippen molar-refractivity contribution in [3.8, 4) is 5.75 Å². The molecule has 0 N–H and O–H groups in total. The van der Waals surface area contributed by atoms with Gasteiger partial charge in [0.05, 0.1) is 4.47 Å². The largest absolute Gasteiger partial charge is 0.484 e. The second-order valence-electron chi connectivity index (χ2n) is 5.83. The van der Waals surface area contributed by atoms with Gasteiger partial charge in [0, 0.05) is 12.6 Å². The monoisotopic (exact) mass is 377 g/mol. The Morgan fingerprint density at radius 3 is 2.91 bits per heavy atom. The van der Waals surface area contributed by atoms with Gasteiger partial charge in [0.1, 0.15) is 18.1 Å². The number of ether oxygens (including phenoxy) is 1. The molecule has 1 aromatic carbocycles. The highest BCUT2D eigenvalue weighted by molar-refractivity contribution is 9.10. The third kappa shape index (κ3) is 3.78. The summed E-state index contributed by atoms with van der Waals surface area (Å²) >= 11 is 3.44. The Morgan fingerprint density at radius 1 is 1.30 bits per heavy atom. The van der Waals surface area contributed by atoms with Crippen LogP contribution in [0, 0.1) is 0 Å². The lowest BCUT2D eigenvalue weighted by Crippen LogP contribution is -2.41. The summed E-state index contributed by atoms with van der Waals surface area (Å²) in [6, 6.07) is 11.5. The summed E-state index contributed by atoms with van der Waals surface area (Å²) in [5.74, 6) is 1.77. The Bertz CT molecular complexity index is 682. The summed E-state index contributed by atoms with van der Waals surface area (Å²) < 4.78 is 12.3. The van der Waals surface area contributed by atoms with Crippen LogP contribution in [0.4, 0.5) is 0 Å². The molecule has 3 rings (SSSR count). The van der Waals surface area contributed by atoms with Crippen molar-refractivity contribution in [1.82, 2.24) is 4.90 Å². The Hall–Kier alpha value is -1.75. The quantitative estimate of drug-likeness (QED) is 0.779. The molecular weight excluding hydrogens is 358 g/mol. The third-order valence-corrected chi connectivity index (χ3v) is 4.80. The van der Waals surface area contributed by atoms with E-state index in [0.29, 0.717) is 18.1 Å². The van der Waals surface area contributed by atoms with Crippen LogP contribution in [0.25, 0.3) is 0 Å². The van der Waals surface area contributed by atoms with Crippen LogP contribution in [0.1, 0.15) is 42.5 Å². The number of carbonyl (C=O) groups is 1. The van der Waals surface area contributed by atoms with E-state index in [1.807, 2.05) is 29.2 Å². The van der Waals surface area contributed by atoms with E-state index in [-0.39, 0.29) is 11.9 Å². The second kappa shape index (κ2) is 7.21. The first kappa shape index (κ1) is 16.1. The number of benzene rings is 1. The van der Waals surface area contributed by atoms with Crippen LogP contribution >= 0.6 is 15.9 Å². The molecule has 122 valence electrons. The van der Waals surface area contributed by atoms with Crippen LogP contribution in [0.3, 0.4) is 0 Å². The highest BCUT2D eigenvalue weighted by Crippen LogP contribution is 2.25. The number of carbonyl (C=O) groups excluding carboxylic acids is 1. The Labute approximate surface area is 144 Å². The van der Waals surface area contributed by atoms with E-state index in [2.05, 4.69) is 22.9 Å². The lowest BCUT2D eigenvalue weighted by Gasteiger charge is -2.32. The van der Waals surface area contributed by atoms with Crippen molar-refractivity contribution >= 4 is 21.8 Å². The topological polar surface area (TPSA) is 42.7 Å². The number of furan rings is 1. The van der Waals surface area contributed by atoms with Crippen LogP contribution in [-0.2, 0) is 6.61 Å². The molecule has 4 nitrogen and oxygen atoms in total. The summed E-state index contributed by atoms with van der Waals surface area (Å²) in [4.78, 5) is 14.4. The van der Waals surface area contributed by atoms with Gasteiger partial charge in [-0.05, 0) is 66.4 Å². The second-order valence-corrected chi connectivity index (χ2v) is 6.68. The smallest absolute Gasteiger partial charge is 0.289 e. The van der Waals surface area contributed by atoms with Gasteiger partial charge in [-0.1, -0.05) is 12.1 Å². The van der Waals surface area contributed by atoms with Gasteiger partial charge in [0.15, 0.2) is 5.76 Å². The third-order valence-electron chi connectivity index (χ3n) is 4.14. The van der Waals surface area contributed by atoms with Gasteiger partial charge >= 0.3 is 0 Å². The fraction of sp³-hybridized carbons (Fsp3) is 0.389. The van der Waals surface area contributed by atoms with E-state index in [1.165, 1.54) is 6.42 Å². The molecule has 5 heteroatoms. The average Bonchev–Trinajstić information content (AvgIpc) is 3.03. The van der Waals surface area contributed by atoms with E-state index >= 15 is 0 Å². The van der Waals surface area contributed by atoms with Gasteiger partial charge in [0.2, 0.25) is 0 Å². The zero-order chi connectivity index (χ0) is 16.2. The molecule has 1 aromatic heterocycles. The molecule has 0 aliphatic carbocycles. The van der Waals surface area contributed by atoms with Gasteiger partial charge < -0.3 is 14.1 Å². The molecule has 23 heavy (non-hydrogen) atoms. The normalized spacial score (nSPS) is 18.0. The maximum absolute atomic E-state index is 12.5. The van der Waals surface area contributed by atoms with Gasteiger partial charge in [0.25, 0.3) is 5.91 Å². The van der Waals surface area contributed by atoms with Crippen LogP contribution in [0.15, 0.2) is 45.3 Å². The summed E-state index contributed by atoms with van der Waals surface area (Å²) in [6.45, 7) is 3.20. The SMILES string of the molecule is C[C@H]1CCCCN1C(=O)c1ccc(COc2ccccc2Br)o1. The number of hydrogen-bond acceptors (Lipinski definition) is 3. The molecule has 1 fully saturated rings. The Kier molecular flexibility index (Phi) is 5.06. The predicted molar refractivity (Wildman–Crippen MR) is 91.5 cm³/mol. The Balaban J connectivity index is 1.63. The molecule has 1 aliphatic heterocycles. The van der Waals surface area contributed by atoms with E-state index in [4.69, 9.17) is 9.15 Å². The summed E-state index contributed by atoms with van der Waals surface area (Å²) in [5, 5.41) is 0. The zero-order valence-electron chi connectivity index (χ0n) is 13.1. The number of halogens is 1. The first-order chi connectivity index (χ1) is 11.1. The molecule has 0 radical (unpaired) electrons. The summed E-state index contributed by atoms with van der Waals surface area (Å²) in [5.41, 5.74) is 0. The van der Waals surface area contributed by atoms with Crippen molar-refractivity contribution in [2.45, 2.75) is 38.8 Å².